The monoisotopic (exact) mass is 189 g/mol. The first-order chi connectivity index (χ1) is 5.93. The zero-order valence-electron chi connectivity index (χ0n) is 7.70. The van der Waals surface area contributed by atoms with Gasteiger partial charge in [0.05, 0.1) is 6.10 Å². The van der Waals surface area contributed by atoms with Crippen LogP contribution < -0.4 is 16.4 Å². The first-order valence-corrected chi connectivity index (χ1v) is 3.95. The molecule has 76 valence electrons. The van der Waals surface area contributed by atoms with Gasteiger partial charge in [-0.25, -0.2) is 4.79 Å². The second kappa shape index (κ2) is 5.36. The molecule has 6 nitrogen and oxygen atoms in total. The van der Waals surface area contributed by atoms with Crippen LogP contribution in [0.1, 0.15) is 13.8 Å². The SMILES string of the molecule is CC(NC(N)=O)C(=O)NC[C@H](C)O. The number of aliphatic hydroxyl groups is 1. The predicted molar refractivity (Wildman–Crippen MR) is 46.9 cm³/mol. The molecule has 0 bridgehead atoms. The van der Waals surface area contributed by atoms with Crippen LogP contribution in [0.4, 0.5) is 4.79 Å². The Labute approximate surface area is 76.5 Å². The van der Waals surface area contributed by atoms with E-state index in [0.29, 0.717) is 0 Å². The van der Waals surface area contributed by atoms with E-state index >= 15 is 0 Å². The van der Waals surface area contributed by atoms with Crippen LogP contribution in [0.3, 0.4) is 0 Å². The molecule has 2 atom stereocenters. The Bertz CT molecular complexity index is 193. The fourth-order valence-electron chi connectivity index (χ4n) is 0.680. The van der Waals surface area contributed by atoms with E-state index in [-0.39, 0.29) is 12.5 Å². The molecular formula is C7H15N3O3. The third kappa shape index (κ3) is 5.92. The van der Waals surface area contributed by atoms with Crippen molar-refractivity contribution in [3.63, 3.8) is 0 Å². The van der Waals surface area contributed by atoms with E-state index in [2.05, 4.69) is 10.6 Å². The lowest BCUT2D eigenvalue weighted by Crippen LogP contribution is -2.47. The summed E-state index contributed by atoms with van der Waals surface area (Å²) in [6.07, 6.45) is -0.607. The summed E-state index contributed by atoms with van der Waals surface area (Å²) in [5, 5.41) is 13.5. The Kier molecular flexibility index (Phi) is 4.83. The topological polar surface area (TPSA) is 104 Å². The molecule has 0 aromatic carbocycles. The van der Waals surface area contributed by atoms with Gasteiger partial charge in [-0.05, 0) is 13.8 Å². The van der Waals surface area contributed by atoms with Crippen molar-refractivity contribution in [1.82, 2.24) is 10.6 Å². The fraction of sp³-hybridized carbons (Fsp3) is 0.714. The average Bonchev–Trinajstić information content (AvgIpc) is 1.98. The van der Waals surface area contributed by atoms with Crippen LogP contribution in [0.5, 0.6) is 0 Å². The molecule has 1 unspecified atom stereocenters. The molecule has 13 heavy (non-hydrogen) atoms. The standard InChI is InChI=1S/C7H15N3O3/c1-4(11)3-9-6(12)5(2)10-7(8)13/h4-5,11H,3H2,1-2H3,(H,9,12)(H3,8,10,13)/t4-,5?/m0/s1. The Morgan fingerprint density at radius 2 is 2.00 bits per heavy atom. The Hall–Kier alpha value is -1.30. The fourth-order valence-corrected chi connectivity index (χ4v) is 0.680. The molecule has 0 aromatic heterocycles. The number of urea groups is 1. The maximum Gasteiger partial charge on any atom is 0.312 e. The lowest BCUT2D eigenvalue weighted by atomic mass is 10.3. The zero-order chi connectivity index (χ0) is 10.4. The summed E-state index contributed by atoms with van der Waals surface area (Å²) in [6.45, 7) is 3.21. The van der Waals surface area contributed by atoms with Crippen molar-refractivity contribution < 1.29 is 14.7 Å². The van der Waals surface area contributed by atoms with Gasteiger partial charge in [-0.15, -0.1) is 0 Å². The number of nitrogens with two attached hydrogens (primary N) is 1. The highest BCUT2D eigenvalue weighted by Crippen LogP contribution is 1.82. The number of hydrogen-bond donors (Lipinski definition) is 4. The second-order valence-electron chi connectivity index (χ2n) is 2.82. The molecule has 0 saturated carbocycles. The van der Waals surface area contributed by atoms with Crippen LogP contribution in [0.25, 0.3) is 0 Å². The van der Waals surface area contributed by atoms with Crippen molar-refractivity contribution >= 4 is 11.9 Å². The van der Waals surface area contributed by atoms with Crippen LogP contribution in [0, 0.1) is 0 Å². The number of primary amides is 1. The molecular weight excluding hydrogens is 174 g/mol. The van der Waals surface area contributed by atoms with Gasteiger partial charge in [-0.3, -0.25) is 4.79 Å². The van der Waals surface area contributed by atoms with Gasteiger partial charge in [0.1, 0.15) is 6.04 Å². The molecule has 0 aliphatic rings. The summed E-state index contributed by atoms with van der Waals surface area (Å²) in [6, 6.07) is -1.43. The highest BCUT2D eigenvalue weighted by molar-refractivity contribution is 5.86. The minimum Gasteiger partial charge on any atom is -0.392 e. The van der Waals surface area contributed by atoms with Gasteiger partial charge in [0.25, 0.3) is 0 Å². The number of carbonyl (C=O) groups excluding carboxylic acids is 2. The van der Waals surface area contributed by atoms with E-state index in [9.17, 15) is 9.59 Å². The molecule has 0 heterocycles. The first-order valence-electron chi connectivity index (χ1n) is 3.95. The third-order valence-electron chi connectivity index (χ3n) is 1.32. The molecule has 5 N–H and O–H groups in total. The quantitative estimate of drug-likeness (QED) is 0.434. The van der Waals surface area contributed by atoms with Gasteiger partial charge in [0.2, 0.25) is 5.91 Å². The maximum atomic E-state index is 11.1. The molecule has 0 aliphatic heterocycles. The largest absolute Gasteiger partial charge is 0.392 e. The van der Waals surface area contributed by atoms with Gasteiger partial charge < -0.3 is 21.5 Å². The molecule has 0 rings (SSSR count). The molecule has 0 spiro atoms. The number of amides is 3. The van der Waals surface area contributed by atoms with Crippen LogP contribution in [0.15, 0.2) is 0 Å². The van der Waals surface area contributed by atoms with Crippen LogP contribution in [0.2, 0.25) is 0 Å². The molecule has 0 aliphatic carbocycles. The van der Waals surface area contributed by atoms with Crippen LogP contribution in [-0.2, 0) is 4.79 Å². The molecule has 0 fully saturated rings. The van der Waals surface area contributed by atoms with Crippen molar-refractivity contribution in [2.24, 2.45) is 5.73 Å². The maximum absolute atomic E-state index is 11.1. The van der Waals surface area contributed by atoms with E-state index in [1.807, 2.05) is 0 Å². The van der Waals surface area contributed by atoms with E-state index in [4.69, 9.17) is 10.8 Å². The van der Waals surface area contributed by atoms with Gasteiger partial charge in [0, 0.05) is 6.54 Å². The summed E-state index contributed by atoms with van der Waals surface area (Å²) >= 11 is 0. The van der Waals surface area contributed by atoms with Crippen molar-refractivity contribution in [3.8, 4) is 0 Å². The van der Waals surface area contributed by atoms with Gasteiger partial charge in [-0.2, -0.15) is 0 Å². The van der Waals surface area contributed by atoms with Crippen molar-refractivity contribution in [1.29, 1.82) is 0 Å². The summed E-state index contributed by atoms with van der Waals surface area (Å²) in [5.74, 6) is -0.375. The Morgan fingerprint density at radius 1 is 1.46 bits per heavy atom. The van der Waals surface area contributed by atoms with E-state index in [0.717, 1.165) is 0 Å². The smallest absolute Gasteiger partial charge is 0.312 e. The number of aliphatic hydroxyl groups excluding tert-OH is 1. The molecule has 3 amide bonds. The summed E-state index contributed by atoms with van der Waals surface area (Å²) in [7, 11) is 0. The van der Waals surface area contributed by atoms with Gasteiger partial charge >= 0.3 is 6.03 Å². The van der Waals surface area contributed by atoms with E-state index < -0.39 is 18.2 Å². The normalized spacial score (nSPS) is 14.4. The number of carbonyl (C=O) groups is 2. The summed E-state index contributed by atoms with van der Waals surface area (Å²) < 4.78 is 0. The highest BCUT2D eigenvalue weighted by Gasteiger charge is 2.13. The van der Waals surface area contributed by atoms with Crippen molar-refractivity contribution in [2.45, 2.75) is 26.0 Å². The lowest BCUT2D eigenvalue weighted by molar-refractivity contribution is -0.122. The van der Waals surface area contributed by atoms with E-state index in [1.54, 1.807) is 6.92 Å². The minimum atomic E-state index is -0.750. The predicted octanol–water partition coefficient (Wildman–Crippen LogP) is -1.46. The summed E-state index contributed by atoms with van der Waals surface area (Å²) in [4.78, 5) is 21.4. The van der Waals surface area contributed by atoms with Gasteiger partial charge in [-0.1, -0.05) is 0 Å². The number of nitrogens with one attached hydrogen (secondary N) is 2. The van der Waals surface area contributed by atoms with Crippen LogP contribution in [-0.4, -0.2) is 35.7 Å². The Balaban J connectivity index is 3.76. The second-order valence-corrected chi connectivity index (χ2v) is 2.82. The molecule has 0 saturated heterocycles. The molecule has 0 radical (unpaired) electrons. The van der Waals surface area contributed by atoms with Crippen molar-refractivity contribution in [2.75, 3.05) is 6.54 Å². The number of hydrogen-bond acceptors (Lipinski definition) is 3. The van der Waals surface area contributed by atoms with Crippen molar-refractivity contribution in [3.05, 3.63) is 0 Å². The zero-order valence-corrected chi connectivity index (χ0v) is 7.70. The number of rotatable bonds is 4. The van der Waals surface area contributed by atoms with Gasteiger partial charge in [0.15, 0.2) is 0 Å². The van der Waals surface area contributed by atoms with E-state index in [1.165, 1.54) is 6.92 Å². The highest BCUT2D eigenvalue weighted by atomic mass is 16.3. The first kappa shape index (κ1) is 11.7. The lowest BCUT2D eigenvalue weighted by Gasteiger charge is -2.13. The molecule has 0 aromatic rings. The average molecular weight is 189 g/mol. The molecule has 6 heteroatoms. The Morgan fingerprint density at radius 3 is 2.38 bits per heavy atom. The third-order valence-corrected chi connectivity index (χ3v) is 1.32. The summed E-state index contributed by atoms with van der Waals surface area (Å²) in [5.41, 5.74) is 4.81. The minimum absolute atomic E-state index is 0.156. The van der Waals surface area contributed by atoms with Crippen LogP contribution >= 0.6 is 0 Å².